The van der Waals surface area contributed by atoms with E-state index in [0.717, 1.165) is 10.9 Å². The Kier molecular flexibility index (Phi) is 6.60. The monoisotopic (exact) mass is 463 g/mol. The van der Waals surface area contributed by atoms with Crippen LogP contribution in [0.25, 0.3) is 22.2 Å². The smallest absolute Gasteiger partial charge is 0.338 e. The summed E-state index contributed by atoms with van der Waals surface area (Å²) in [5.41, 5.74) is 8.40. The lowest BCUT2D eigenvalue weighted by atomic mass is 10.0. The van der Waals surface area contributed by atoms with Crippen molar-refractivity contribution in [1.29, 1.82) is 0 Å². The number of fused-ring (bicyclic) bond motifs is 1. The Morgan fingerprint density at radius 3 is 2.73 bits per heavy atom. The Labute approximate surface area is 195 Å². The van der Waals surface area contributed by atoms with Crippen LogP contribution in [0.4, 0.5) is 5.69 Å². The summed E-state index contributed by atoms with van der Waals surface area (Å²) in [7, 11) is 1.65. The highest BCUT2D eigenvalue weighted by atomic mass is 35.5. The summed E-state index contributed by atoms with van der Waals surface area (Å²) < 4.78 is 12.5. The van der Waals surface area contributed by atoms with Gasteiger partial charge in [0.15, 0.2) is 0 Å². The average molecular weight is 464 g/mol. The van der Waals surface area contributed by atoms with E-state index >= 15 is 0 Å². The van der Waals surface area contributed by atoms with Gasteiger partial charge in [0.05, 0.1) is 18.8 Å². The van der Waals surface area contributed by atoms with Gasteiger partial charge >= 0.3 is 5.97 Å². The minimum atomic E-state index is -0.430. The molecule has 0 aliphatic rings. The van der Waals surface area contributed by atoms with Crippen molar-refractivity contribution in [3.8, 4) is 16.9 Å². The van der Waals surface area contributed by atoms with Crippen LogP contribution in [0.15, 0.2) is 71.7 Å². The number of aromatic nitrogens is 2. The van der Waals surface area contributed by atoms with E-state index in [0.29, 0.717) is 40.6 Å². The molecule has 2 aromatic carbocycles. The first-order valence-electron chi connectivity index (χ1n) is 10.3. The van der Waals surface area contributed by atoms with Gasteiger partial charge in [-0.25, -0.2) is 9.78 Å². The van der Waals surface area contributed by atoms with Crippen LogP contribution in [0, 0.1) is 0 Å². The van der Waals surface area contributed by atoms with E-state index in [1.807, 2.05) is 30.3 Å². The lowest BCUT2D eigenvalue weighted by Crippen LogP contribution is -2.22. The third kappa shape index (κ3) is 4.83. The number of ether oxygens (including phenoxy) is 2. The van der Waals surface area contributed by atoms with E-state index in [-0.39, 0.29) is 17.9 Å². The zero-order valence-electron chi connectivity index (χ0n) is 18.0. The van der Waals surface area contributed by atoms with Crippen LogP contribution < -0.4 is 16.0 Å². The van der Waals surface area contributed by atoms with Crippen molar-refractivity contribution < 1.29 is 14.3 Å². The quantitative estimate of drug-likeness (QED) is 0.321. The molecule has 0 atom stereocenters. The number of anilines is 1. The molecular formula is C25H22ClN3O4. The number of aryl methyl sites for hydroxylation is 1. The highest BCUT2D eigenvalue weighted by Crippen LogP contribution is 2.32. The minimum Gasteiger partial charge on any atom is -0.493 e. The number of carbonyl (C=O) groups excluding carboxylic acids is 1. The first-order valence-corrected chi connectivity index (χ1v) is 10.7. The molecule has 0 unspecified atom stereocenters. The molecule has 33 heavy (non-hydrogen) atoms. The summed E-state index contributed by atoms with van der Waals surface area (Å²) in [5, 5.41) is 1.26. The number of nitrogens with two attached hydrogens (primary N) is 1. The number of pyridine rings is 2. The summed E-state index contributed by atoms with van der Waals surface area (Å²) in [6.45, 7) is 0.559. The number of carbonyl (C=O) groups is 1. The van der Waals surface area contributed by atoms with E-state index in [1.165, 1.54) is 4.57 Å². The molecule has 4 aromatic rings. The molecular weight excluding hydrogens is 442 g/mol. The number of benzene rings is 2. The minimum absolute atomic E-state index is 0.156. The molecule has 7 nitrogen and oxygen atoms in total. The molecule has 4 rings (SSSR count). The number of nitrogens with zero attached hydrogens (tertiary/aromatic N) is 2. The van der Waals surface area contributed by atoms with Gasteiger partial charge in [0.1, 0.15) is 17.1 Å². The first-order chi connectivity index (χ1) is 16.0. The van der Waals surface area contributed by atoms with Crippen molar-refractivity contribution >= 4 is 34.3 Å². The van der Waals surface area contributed by atoms with E-state index in [4.69, 9.17) is 26.8 Å². The fourth-order valence-electron chi connectivity index (χ4n) is 3.55. The highest BCUT2D eigenvalue weighted by Gasteiger charge is 2.15. The molecule has 2 aromatic heterocycles. The summed E-state index contributed by atoms with van der Waals surface area (Å²) >= 11 is 5.90. The number of halogens is 1. The highest BCUT2D eigenvalue weighted by molar-refractivity contribution is 6.30. The molecule has 0 aliphatic heterocycles. The SMILES string of the molecule is Cn1c(=O)c(N)c(-c2cccc(OCCCOC(=O)c3cccc(Cl)c3)c2)c2cccnc21. The van der Waals surface area contributed by atoms with Crippen molar-refractivity contribution in [2.75, 3.05) is 18.9 Å². The Morgan fingerprint density at radius 1 is 1.09 bits per heavy atom. The third-order valence-electron chi connectivity index (χ3n) is 5.15. The molecule has 2 N–H and O–H groups in total. The number of hydrogen-bond donors (Lipinski definition) is 1. The predicted octanol–water partition coefficient (Wildman–Crippen LogP) is 4.46. The number of rotatable bonds is 7. The van der Waals surface area contributed by atoms with Crippen molar-refractivity contribution in [1.82, 2.24) is 9.55 Å². The maximum absolute atomic E-state index is 12.6. The van der Waals surface area contributed by atoms with Gasteiger partial charge in [-0.05, 0) is 48.0 Å². The fraction of sp³-hybridized carbons (Fsp3) is 0.160. The molecule has 0 amide bonds. The lowest BCUT2D eigenvalue weighted by Gasteiger charge is -2.14. The molecule has 0 saturated carbocycles. The molecule has 0 saturated heterocycles. The Morgan fingerprint density at radius 2 is 1.91 bits per heavy atom. The van der Waals surface area contributed by atoms with Gasteiger partial charge < -0.3 is 15.2 Å². The molecule has 0 bridgehead atoms. The van der Waals surface area contributed by atoms with E-state index < -0.39 is 5.97 Å². The molecule has 0 spiro atoms. The Hall–Kier alpha value is -3.84. The summed E-state index contributed by atoms with van der Waals surface area (Å²) in [5.74, 6) is 0.187. The van der Waals surface area contributed by atoms with Crippen LogP contribution in [0.1, 0.15) is 16.8 Å². The largest absolute Gasteiger partial charge is 0.493 e. The van der Waals surface area contributed by atoms with Crippen LogP contribution in [0.3, 0.4) is 0 Å². The molecule has 0 fully saturated rings. The van der Waals surface area contributed by atoms with Crippen LogP contribution in [-0.2, 0) is 11.8 Å². The van der Waals surface area contributed by atoms with Gasteiger partial charge in [0.25, 0.3) is 5.56 Å². The van der Waals surface area contributed by atoms with Crippen LogP contribution in [0.2, 0.25) is 5.02 Å². The van der Waals surface area contributed by atoms with Gasteiger partial charge in [-0.15, -0.1) is 0 Å². The van der Waals surface area contributed by atoms with Crippen LogP contribution in [0.5, 0.6) is 5.75 Å². The number of nitrogen functional groups attached to an aromatic ring is 1. The number of hydrogen-bond acceptors (Lipinski definition) is 6. The molecule has 0 aliphatic carbocycles. The second-order valence-corrected chi connectivity index (χ2v) is 7.84. The van der Waals surface area contributed by atoms with Crippen LogP contribution >= 0.6 is 11.6 Å². The maximum Gasteiger partial charge on any atom is 0.338 e. The standard InChI is InChI=1S/C25H22ClN3O4/c1-29-23-20(10-4-11-28-23)21(22(27)24(29)30)16-6-3-9-19(15-16)32-12-5-13-33-25(31)17-7-2-8-18(26)14-17/h2-4,6-11,14-15H,5,12-13,27H2,1H3. The van der Waals surface area contributed by atoms with Crippen LogP contribution in [-0.4, -0.2) is 28.7 Å². The van der Waals surface area contributed by atoms with E-state index in [1.54, 1.807) is 43.6 Å². The lowest BCUT2D eigenvalue weighted by molar-refractivity contribution is 0.0486. The molecule has 168 valence electrons. The van der Waals surface area contributed by atoms with Gasteiger partial charge in [0.2, 0.25) is 0 Å². The Bertz CT molecular complexity index is 1380. The number of esters is 1. The summed E-state index contributed by atoms with van der Waals surface area (Å²) in [6.07, 6.45) is 2.15. The average Bonchev–Trinajstić information content (AvgIpc) is 2.83. The second-order valence-electron chi connectivity index (χ2n) is 7.40. The van der Waals surface area contributed by atoms with Gasteiger partial charge in [0, 0.05) is 35.6 Å². The van der Waals surface area contributed by atoms with E-state index in [2.05, 4.69) is 4.98 Å². The summed E-state index contributed by atoms with van der Waals surface area (Å²) in [6, 6.07) is 17.7. The molecule has 8 heteroatoms. The van der Waals surface area contributed by atoms with Gasteiger partial charge in [-0.2, -0.15) is 0 Å². The summed E-state index contributed by atoms with van der Waals surface area (Å²) in [4.78, 5) is 29.0. The van der Waals surface area contributed by atoms with Gasteiger partial charge in [-0.1, -0.05) is 29.8 Å². The zero-order chi connectivity index (χ0) is 23.4. The van der Waals surface area contributed by atoms with Crippen molar-refractivity contribution in [3.63, 3.8) is 0 Å². The topological polar surface area (TPSA) is 96.4 Å². The predicted molar refractivity (Wildman–Crippen MR) is 129 cm³/mol. The molecule has 0 radical (unpaired) electrons. The van der Waals surface area contributed by atoms with E-state index in [9.17, 15) is 9.59 Å². The van der Waals surface area contributed by atoms with Crippen molar-refractivity contribution in [2.24, 2.45) is 7.05 Å². The van der Waals surface area contributed by atoms with Gasteiger partial charge in [-0.3, -0.25) is 9.36 Å². The second kappa shape index (κ2) is 9.75. The molecule has 2 heterocycles. The Balaban J connectivity index is 1.43. The van der Waals surface area contributed by atoms with Crippen molar-refractivity contribution in [3.05, 3.63) is 87.8 Å². The maximum atomic E-state index is 12.6. The normalized spacial score (nSPS) is 10.8. The fourth-order valence-corrected chi connectivity index (χ4v) is 3.74. The first kappa shape index (κ1) is 22.4. The zero-order valence-corrected chi connectivity index (χ0v) is 18.7. The van der Waals surface area contributed by atoms with Crippen molar-refractivity contribution in [2.45, 2.75) is 6.42 Å². The third-order valence-corrected chi connectivity index (χ3v) is 5.39.